The summed E-state index contributed by atoms with van der Waals surface area (Å²) < 4.78 is 1.88. The SMILES string of the molecule is CCCc1nccn1-c1nccnc1N. The van der Waals surface area contributed by atoms with Crippen LogP contribution in [-0.4, -0.2) is 19.5 Å². The molecule has 0 unspecified atom stereocenters. The van der Waals surface area contributed by atoms with Crippen LogP contribution in [-0.2, 0) is 6.42 Å². The second-order valence-corrected chi connectivity index (χ2v) is 3.23. The third-order valence-electron chi connectivity index (χ3n) is 2.13. The van der Waals surface area contributed by atoms with Crippen LogP contribution in [0, 0.1) is 0 Å². The molecule has 0 saturated heterocycles. The summed E-state index contributed by atoms with van der Waals surface area (Å²) in [5.41, 5.74) is 5.75. The fourth-order valence-corrected chi connectivity index (χ4v) is 1.46. The quantitative estimate of drug-likeness (QED) is 0.813. The van der Waals surface area contributed by atoms with E-state index in [4.69, 9.17) is 5.73 Å². The minimum Gasteiger partial charge on any atom is -0.381 e. The molecule has 0 aliphatic rings. The molecule has 5 heteroatoms. The fourth-order valence-electron chi connectivity index (χ4n) is 1.46. The van der Waals surface area contributed by atoms with Gasteiger partial charge >= 0.3 is 0 Å². The van der Waals surface area contributed by atoms with Crippen LogP contribution in [0.3, 0.4) is 0 Å². The summed E-state index contributed by atoms with van der Waals surface area (Å²) in [6.07, 6.45) is 8.75. The average Bonchev–Trinajstić information content (AvgIpc) is 2.67. The molecule has 15 heavy (non-hydrogen) atoms. The highest BCUT2D eigenvalue weighted by molar-refractivity contribution is 5.46. The number of imidazole rings is 1. The first-order valence-corrected chi connectivity index (χ1v) is 4.92. The topological polar surface area (TPSA) is 69.6 Å². The Kier molecular flexibility index (Phi) is 2.62. The third-order valence-corrected chi connectivity index (χ3v) is 2.13. The van der Waals surface area contributed by atoms with Crippen LogP contribution in [0.5, 0.6) is 0 Å². The van der Waals surface area contributed by atoms with Crippen molar-refractivity contribution in [2.24, 2.45) is 0 Å². The first kappa shape index (κ1) is 9.64. The minimum atomic E-state index is 0.424. The van der Waals surface area contributed by atoms with Crippen molar-refractivity contribution in [2.75, 3.05) is 5.73 Å². The molecule has 0 amide bonds. The van der Waals surface area contributed by atoms with E-state index in [-0.39, 0.29) is 0 Å². The van der Waals surface area contributed by atoms with Gasteiger partial charge in [0.25, 0.3) is 0 Å². The number of hydrogen-bond donors (Lipinski definition) is 1. The highest BCUT2D eigenvalue weighted by atomic mass is 15.1. The monoisotopic (exact) mass is 203 g/mol. The number of anilines is 1. The summed E-state index contributed by atoms with van der Waals surface area (Å²) in [5, 5.41) is 0. The Morgan fingerprint density at radius 1 is 1.20 bits per heavy atom. The van der Waals surface area contributed by atoms with Crippen molar-refractivity contribution < 1.29 is 0 Å². The van der Waals surface area contributed by atoms with Gasteiger partial charge in [0.2, 0.25) is 0 Å². The zero-order valence-electron chi connectivity index (χ0n) is 8.59. The number of aromatic nitrogens is 4. The Bertz CT molecular complexity index is 449. The second kappa shape index (κ2) is 4.08. The first-order chi connectivity index (χ1) is 7.33. The van der Waals surface area contributed by atoms with Gasteiger partial charge < -0.3 is 5.73 Å². The zero-order valence-corrected chi connectivity index (χ0v) is 8.59. The van der Waals surface area contributed by atoms with E-state index in [1.165, 1.54) is 0 Å². The minimum absolute atomic E-state index is 0.424. The van der Waals surface area contributed by atoms with Crippen molar-refractivity contribution in [3.8, 4) is 5.82 Å². The van der Waals surface area contributed by atoms with Crippen molar-refractivity contribution in [3.63, 3.8) is 0 Å². The summed E-state index contributed by atoms with van der Waals surface area (Å²) in [6.45, 7) is 2.11. The Balaban J connectivity index is 2.45. The molecular formula is C10H13N5. The summed E-state index contributed by atoms with van der Waals surface area (Å²) in [4.78, 5) is 12.5. The van der Waals surface area contributed by atoms with E-state index in [2.05, 4.69) is 21.9 Å². The summed E-state index contributed by atoms with van der Waals surface area (Å²) >= 11 is 0. The molecule has 0 fully saturated rings. The molecule has 2 aromatic rings. The van der Waals surface area contributed by atoms with E-state index >= 15 is 0 Å². The van der Waals surface area contributed by atoms with Crippen LogP contribution >= 0.6 is 0 Å². The number of hydrogen-bond acceptors (Lipinski definition) is 4. The number of nitrogen functional groups attached to an aromatic ring is 1. The smallest absolute Gasteiger partial charge is 0.181 e. The maximum atomic E-state index is 5.75. The predicted octanol–water partition coefficient (Wildman–Crippen LogP) is 1.20. The van der Waals surface area contributed by atoms with E-state index in [0.29, 0.717) is 11.6 Å². The molecule has 2 heterocycles. The van der Waals surface area contributed by atoms with E-state index in [0.717, 1.165) is 18.7 Å². The lowest BCUT2D eigenvalue weighted by molar-refractivity contribution is 0.797. The highest BCUT2D eigenvalue weighted by Gasteiger charge is 2.08. The molecule has 2 rings (SSSR count). The largest absolute Gasteiger partial charge is 0.381 e. The van der Waals surface area contributed by atoms with Gasteiger partial charge in [-0.05, 0) is 6.42 Å². The Hall–Kier alpha value is -1.91. The van der Waals surface area contributed by atoms with Crippen molar-refractivity contribution in [1.29, 1.82) is 0 Å². The van der Waals surface area contributed by atoms with Gasteiger partial charge in [0.15, 0.2) is 11.6 Å². The fraction of sp³-hybridized carbons (Fsp3) is 0.300. The van der Waals surface area contributed by atoms with Crippen LogP contribution in [0.15, 0.2) is 24.8 Å². The van der Waals surface area contributed by atoms with Crippen LogP contribution in [0.2, 0.25) is 0 Å². The van der Waals surface area contributed by atoms with Crippen molar-refractivity contribution in [2.45, 2.75) is 19.8 Å². The number of rotatable bonds is 3. The molecule has 5 nitrogen and oxygen atoms in total. The second-order valence-electron chi connectivity index (χ2n) is 3.23. The molecule has 2 N–H and O–H groups in total. The molecule has 0 aliphatic carbocycles. The molecule has 2 aromatic heterocycles. The van der Waals surface area contributed by atoms with Gasteiger partial charge in [-0.25, -0.2) is 15.0 Å². The van der Waals surface area contributed by atoms with Gasteiger partial charge in [0.05, 0.1) is 0 Å². The Labute approximate surface area is 88.0 Å². The van der Waals surface area contributed by atoms with Gasteiger partial charge in [-0.1, -0.05) is 6.92 Å². The van der Waals surface area contributed by atoms with Gasteiger partial charge in [-0.15, -0.1) is 0 Å². The maximum Gasteiger partial charge on any atom is 0.181 e. The summed E-state index contributed by atoms with van der Waals surface area (Å²) in [5.74, 6) is 2.04. The standard InChI is InChI=1S/C10H13N5/c1-2-3-8-12-6-7-15(8)10-9(11)13-4-5-14-10/h4-7H,2-3H2,1H3,(H2,11,13). The molecule has 0 radical (unpaired) electrons. The summed E-state index contributed by atoms with van der Waals surface area (Å²) in [7, 11) is 0. The van der Waals surface area contributed by atoms with Crippen LogP contribution in [0.1, 0.15) is 19.2 Å². The lowest BCUT2D eigenvalue weighted by Crippen LogP contribution is -2.07. The van der Waals surface area contributed by atoms with Crippen molar-refractivity contribution in [1.82, 2.24) is 19.5 Å². The van der Waals surface area contributed by atoms with Crippen molar-refractivity contribution >= 4 is 5.82 Å². The van der Waals surface area contributed by atoms with E-state index < -0.39 is 0 Å². The number of aryl methyl sites for hydroxylation is 1. The van der Waals surface area contributed by atoms with Gasteiger partial charge in [0.1, 0.15) is 5.82 Å². The van der Waals surface area contributed by atoms with E-state index in [9.17, 15) is 0 Å². The molecule has 0 atom stereocenters. The Morgan fingerprint density at radius 3 is 2.73 bits per heavy atom. The van der Waals surface area contributed by atoms with Gasteiger partial charge in [-0.3, -0.25) is 4.57 Å². The Morgan fingerprint density at radius 2 is 2.00 bits per heavy atom. The predicted molar refractivity (Wildman–Crippen MR) is 57.6 cm³/mol. The van der Waals surface area contributed by atoms with Crippen LogP contribution in [0.25, 0.3) is 5.82 Å². The van der Waals surface area contributed by atoms with Gasteiger partial charge in [0, 0.05) is 31.2 Å². The number of nitrogens with two attached hydrogens (primary N) is 1. The van der Waals surface area contributed by atoms with E-state index in [1.54, 1.807) is 18.6 Å². The molecule has 0 spiro atoms. The normalized spacial score (nSPS) is 10.5. The lowest BCUT2D eigenvalue weighted by atomic mass is 10.3. The van der Waals surface area contributed by atoms with Crippen molar-refractivity contribution in [3.05, 3.63) is 30.6 Å². The molecule has 0 aliphatic heterocycles. The first-order valence-electron chi connectivity index (χ1n) is 4.92. The average molecular weight is 203 g/mol. The molecule has 0 saturated carbocycles. The van der Waals surface area contributed by atoms with Gasteiger partial charge in [-0.2, -0.15) is 0 Å². The number of nitrogens with zero attached hydrogens (tertiary/aromatic N) is 4. The molecule has 78 valence electrons. The lowest BCUT2D eigenvalue weighted by Gasteiger charge is -2.07. The molecular weight excluding hydrogens is 190 g/mol. The maximum absolute atomic E-state index is 5.75. The molecule has 0 bridgehead atoms. The van der Waals surface area contributed by atoms with Crippen LogP contribution in [0.4, 0.5) is 5.82 Å². The van der Waals surface area contributed by atoms with Crippen LogP contribution < -0.4 is 5.73 Å². The molecule has 0 aromatic carbocycles. The zero-order chi connectivity index (χ0) is 10.7. The summed E-state index contributed by atoms with van der Waals surface area (Å²) in [6, 6.07) is 0. The third kappa shape index (κ3) is 1.81. The highest BCUT2D eigenvalue weighted by Crippen LogP contribution is 2.13. The van der Waals surface area contributed by atoms with E-state index in [1.807, 2.05) is 10.8 Å².